The van der Waals surface area contributed by atoms with Crippen molar-refractivity contribution < 1.29 is 14.3 Å². The van der Waals surface area contributed by atoms with Gasteiger partial charge in [0.1, 0.15) is 17.3 Å². The lowest BCUT2D eigenvalue weighted by Gasteiger charge is -2.25. The number of rotatable bonds is 10. The number of carbonyl (C=O) groups is 1. The van der Waals surface area contributed by atoms with Gasteiger partial charge in [0.05, 0.1) is 17.3 Å². The smallest absolute Gasteiger partial charge is 0.407 e. The minimum Gasteiger partial charge on any atom is -0.444 e. The number of aryl methyl sites for hydroxylation is 1. The predicted molar refractivity (Wildman–Crippen MR) is 177 cm³/mol. The summed E-state index contributed by atoms with van der Waals surface area (Å²) >= 11 is 1.63. The van der Waals surface area contributed by atoms with Gasteiger partial charge >= 0.3 is 6.09 Å². The molecule has 2 atom stereocenters. The van der Waals surface area contributed by atoms with E-state index in [4.69, 9.17) is 14.5 Å². The molecule has 1 saturated carbocycles. The maximum Gasteiger partial charge on any atom is 0.407 e. The summed E-state index contributed by atoms with van der Waals surface area (Å²) < 4.78 is 13.9. The van der Waals surface area contributed by atoms with Crippen molar-refractivity contribution in [1.29, 1.82) is 0 Å². The Labute approximate surface area is 259 Å². The van der Waals surface area contributed by atoms with Gasteiger partial charge in [0.15, 0.2) is 0 Å². The highest BCUT2D eigenvalue weighted by molar-refractivity contribution is 7.13. The van der Waals surface area contributed by atoms with Gasteiger partial charge < -0.3 is 24.7 Å². The standard InChI is InChI=1S/C32H44N6O3SSi/c1-21-18-34-30(35-25-9-8-10-26(25)36-31(39)41-32(2,3)4)37-28(21)24-19-38(20-40-14-16-43(5,6)7)27-17-22(11-12-23(24)27)29-33-13-15-42-29/h11-13,15,17-19,25-26H,8-10,14,16,20H2,1-7H3,(H,36,39)(H,34,35,37)/t25-,26-/m0/s1. The van der Waals surface area contributed by atoms with E-state index >= 15 is 0 Å². The Morgan fingerprint density at radius 3 is 2.67 bits per heavy atom. The third-order valence-electron chi connectivity index (χ3n) is 7.55. The summed E-state index contributed by atoms with van der Waals surface area (Å²) in [5.74, 6) is 0.551. The van der Waals surface area contributed by atoms with E-state index < -0.39 is 19.8 Å². The lowest BCUT2D eigenvalue weighted by molar-refractivity contribution is 0.0503. The fourth-order valence-electron chi connectivity index (χ4n) is 5.34. The third kappa shape index (κ3) is 8.01. The number of anilines is 1. The van der Waals surface area contributed by atoms with Crippen LogP contribution in [0.4, 0.5) is 10.7 Å². The number of nitrogens with one attached hydrogen (secondary N) is 2. The van der Waals surface area contributed by atoms with Gasteiger partial charge in [0.25, 0.3) is 0 Å². The number of hydrogen-bond donors (Lipinski definition) is 2. The number of benzene rings is 1. The predicted octanol–water partition coefficient (Wildman–Crippen LogP) is 7.70. The molecule has 9 nitrogen and oxygen atoms in total. The fraction of sp³-hybridized carbons (Fsp3) is 0.500. The molecule has 3 heterocycles. The van der Waals surface area contributed by atoms with Crippen molar-refractivity contribution in [1.82, 2.24) is 24.8 Å². The molecule has 0 radical (unpaired) electrons. The van der Waals surface area contributed by atoms with Crippen molar-refractivity contribution in [3.8, 4) is 21.8 Å². The van der Waals surface area contributed by atoms with Crippen molar-refractivity contribution in [2.45, 2.75) is 97.1 Å². The van der Waals surface area contributed by atoms with E-state index in [9.17, 15) is 4.79 Å². The first-order valence-corrected chi connectivity index (χ1v) is 19.7. The molecule has 1 fully saturated rings. The molecular weight excluding hydrogens is 577 g/mol. The van der Waals surface area contributed by atoms with Crippen molar-refractivity contribution in [3.63, 3.8) is 0 Å². The van der Waals surface area contributed by atoms with Crippen molar-refractivity contribution in [2.75, 3.05) is 11.9 Å². The van der Waals surface area contributed by atoms with Gasteiger partial charge in [-0.25, -0.2) is 19.7 Å². The van der Waals surface area contributed by atoms with Crippen LogP contribution < -0.4 is 10.6 Å². The van der Waals surface area contributed by atoms with Gasteiger partial charge in [0.2, 0.25) is 5.95 Å². The Morgan fingerprint density at radius 1 is 1.16 bits per heavy atom. The van der Waals surface area contributed by atoms with E-state index in [1.807, 2.05) is 45.5 Å². The fourth-order valence-corrected chi connectivity index (χ4v) is 6.73. The van der Waals surface area contributed by atoms with E-state index in [0.717, 1.165) is 70.2 Å². The Hall–Kier alpha value is -3.28. The second-order valence-electron chi connectivity index (χ2n) is 13.6. The van der Waals surface area contributed by atoms with Crippen LogP contribution >= 0.6 is 11.3 Å². The number of hydrogen-bond acceptors (Lipinski definition) is 8. The molecule has 11 heteroatoms. The summed E-state index contributed by atoms with van der Waals surface area (Å²) in [7, 11) is -1.19. The molecule has 0 saturated heterocycles. The maximum absolute atomic E-state index is 12.5. The molecule has 0 spiro atoms. The van der Waals surface area contributed by atoms with Gasteiger partial charge in [-0.2, -0.15) is 0 Å². The number of carbonyl (C=O) groups excluding carboxylic acids is 1. The third-order valence-corrected chi connectivity index (χ3v) is 10.1. The average Bonchev–Trinajstić information content (AvgIpc) is 3.67. The molecule has 1 aromatic carbocycles. The van der Waals surface area contributed by atoms with Gasteiger partial charge in [-0.05, 0) is 64.6 Å². The Bertz CT molecular complexity index is 1560. The SMILES string of the molecule is Cc1cnc(N[C@H]2CCC[C@@H]2NC(=O)OC(C)(C)C)nc1-c1cn(COCC[Si](C)(C)C)c2cc(-c3nccs3)ccc12. The number of ether oxygens (including phenoxy) is 2. The molecule has 0 aliphatic heterocycles. The van der Waals surface area contributed by atoms with Gasteiger partial charge in [-0.3, -0.25) is 0 Å². The summed E-state index contributed by atoms with van der Waals surface area (Å²) in [5.41, 5.74) is 4.53. The van der Waals surface area contributed by atoms with Crippen LogP contribution in [0, 0.1) is 6.92 Å². The molecule has 2 N–H and O–H groups in total. The Kier molecular flexibility index (Phi) is 9.24. The topological polar surface area (TPSA) is 103 Å². The zero-order chi connectivity index (χ0) is 30.8. The maximum atomic E-state index is 12.5. The van der Waals surface area contributed by atoms with Crippen molar-refractivity contribution in [2.24, 2.45) is 0 Å². The second-order valence-corrected chi connectivity index (χ2v) is 20.1. The number of amides is 1. The van der Waals surface area contributed by atoms with Crippen molar-refractivity contribution >= 4 is 42.4 Å². The quantitative estimate of drug-likeness (QED) is 0.138. The second kappa shape index (κ2) is 12.8. The highest BCUT2D eigenvalue weighted by Crippen LogP contribution is 2.35. The summed E-state index contributed by atoms with van der Waals surface area (Å²) in [4.78, 5) is 26.6. The molecule has 4 aromatic rings. The van der Waals surface area contributed by atoms with Crippen LogP contribution in [0.3, 0.4) is 0 Å². The van der Waals surface area contributed by atoms with Crippen LogP contribution in [0.25, 0.3) is 32.7 Å². The summed E-state index contributed by atoms with van der Waals surface area (Å²) in [6, 6.07) is 7.57. The summed E-state index contributed by atoms with van der Waals surface area (Å²) in [5, 5.41) is 10.6. The van der Waals surface area contributed by atoms with Gasteiger partial charge in [-0.15, -0.1) is 11.3 Å². The first-order valence-electron chi connectivity index (χ1n) is 15.1. The molecule has 0 unspecified atom stereocenters. The zero-order valence-corrected chi connectivity index (χ0v) is 28.2. The summed E-state index contributed by atoms with van der Waals surface area (Å²) in [6.45, 7) is 16.0. The summed E-state index contributed by atoms with van der Waals surface area (Å²) in [6.07, 6.45) is 8.26. The zero-order valence-electron chi connectivity index (χ0n) is 26.4. The minimum atomic E-state index is -1.19. The van der Waals surface area contributed by atoms with Crippen LogP contribution in [-0.2, 0) is 16.2 Å². The molecule has 5 rings (SSSR count). The number of thiazole rings is 1. The van der Waals surface area contributed by atoms with Crippen LogP contribution in [0.2, 0.25) is 25.7 Å². The lowest BCUT2D eigenvalue weighted by Crippen LogP contribution is -2.45. The van der Waals surface area contributed by atoms with Crippen LogP contribution in [0.15, 0.2) is 42.2 Å². The molecule has 3 aromatic heterocycles. The average molecular weight is 621 g/mol. The van der Waals surface area contributed by atoms with Crippen molar-refractivity contribution in [3.05, 3.63) is 47.7 Å². The minimum absolute atomic E-state index is 0.0186. The molecule has 1 aliphatic rings. The highest BCUT2D eigenvalue weighted by atomic mass is 32.1. The number of aromatic nitrogens is 4. The van der Waals surface area contributed by atoms with Gasteiger partial charge in [0, 0.05) is 61.2 Å². The first kappa shape index (κ1) is 31.2. The Balaban J connectivity index is 1.42. The molecule has 43 heavy (non-hydrogen) atoms. The molecule has 1 amide bonds. The normalized spacial score (nSPS) is 17.4. The van der Waals surface area contributed by atoms with Gasteiger partial charge in [-0.1, -0.05) is 31.8 Å². The molecular formula is C32H44N6O3SSi. The van der Waals surface area contributed by atoms with E-state index in [1.165, 1.54) is 0 Å². The molecule has 1 aliphatic carbocycles. The molecule has 0 bridgehead atoms. The monoisotopic (exact) mass is 620 g/mol. The number of fused-ring (bicyclic) bond motifs is 1. The lowest BCUT2D eigenvalue weighted by atomic mass is 10.1. The number of nitrogens with zero attached hydrogens (tertiary/aromatic N) is 4. The van der Waals surface area contributed by atoms with Crippen LogP contribution in [0.5, 0.6) is 0 Å². The van der Waals surface area contributed by atoms with E-state index in [2.05, 4.69) is 69.2 Å². The van der Waals surface area contributed by atoms with E-state index in [0.29, 0.717) is 12.7 Å². The largest absolute Gasteiger partial charge is 0.444 e. The van der Waals surface area contributed by atoms with E-state index in [-0.39, 0.29) is 12.1 Å². The highest BCUT2D eigenvalue weighted by Gasteiger charge is 2.31. The van der Waals surface area contributed by atoms with E-state index in [1.54, 1.807) is 11.3 Å². The Morgan fingerprint density at radius 2 is 1.95 bits per heavy atom. The number of alkyl carbamates (subject to hydrolysis) is 1. The molecule has 230 valence electrons. The van der Waals surface area contributed by atoms with Crippen LogP contribution in [0.1, 0.15) is 45.6 Å². The van der Waals surface area contributed by atoms with Crippen LogP contribution in [-0.4, -0.2) is 58.0 Å². The first-order chi connectivity index (χ1) is 20.4.